The minimum absolute atomic E-state index is 0.570. The molecular formula is C10H20N2O5S. The monoisotopic (exact) mass is 280 g/mol. The largest absolute Gasteiger partial charge is 0.442 e. The molecule has 0 heterocycles. The SMILES string of the molecule is C/C=C/C(C)N(OS(N)(=O)=O)C(=O)OC(C)(C)C. The number of carbonyl (C=O) groups is 1. The highest BCUT2D eigenvalue weighted by Crippen LogP contribution is 2.13. The first-order chi connectivity index (χ1) is 7.96. The average molecular weight is 280 g/mol. The maximum atomic E-state index is 11.8. The third-order valence-electron chi connectivity index (χ3n) is 1.60. The van der Waals surface area contributed by atoms with E-state index >= 15 is 0 Å². The zero-order valence-electron chi connectivity index (χ0n) is 11.2. The maximum Gasteiger partial charge on any atom is 0.436 e. The topological polar surface area (TPSA) is 98.9 Å². The molecule has 0 fully saturated rings. The van der Waals surface area contributed by atoms with Gasteiger partial charge in [-0.15, -0.1) is 4.28 Å². The van der Waals surface area contributed by atoms with Crippen molar-refractivity contribution in [2.24, 2.45) is 5.14 Å². The summed E-state index contributed by atoms with van der Waals surface area (Å²) in [4.78, 5) is 11.8. The molecule has 0 aliphatic heterocycles. The summed E-state index contributed by atoms with van der Waals surface area (Å²) in [5, 5.41) is 5.32. The summed E-state index contributed by atoms with van der Waals surface area (Å²) in [6.07, 6.45) is 2.28. The van der Waals surface area contributed by atoms with E-state index in [0.29, 0.717) is 5.06 Å². The van der Waals surface area contributed by atoms with E-state index in [4.69, 9.17) is 9.88 Å². The van der Waals surface area contributed by atoms with Crippen LogP contribution in [0.1, 0.15) is 34.6 Å². The molecular weight excluding hydrogens is 260 g/mol. The molecule has 1 atom stereocenters. The zero-order chi connectivity index (χ0) is 14.6. The first-order valence-corrected chi connectivity index (χ1v) is 6.81. The molecule has 0 aromatic carbocycles. The molecule has 0 rings (SSSR count). The average Bonchev–Trinajstić information content (AvgIpc) is 2.10. The predicted molar refractivity (Wildman–Crippen MR) is 66.5 cm³/mol. The predicted octanol–water partition coefficient (Wildman–Crippen LogP) is 1.32. The van der Waals surface area contributed by atoms with Gasteiger partial charge in [0.15, 0.2) is 0 Å². The summed E-state index contributed by atoms with van der Waals surface area (Å²) in [6.45, 7) is 8.25. The third kappa shape index (κ3) is 7.25. The summed E-state index contributed by atoms with van der Waals surface area (Å²) in [6, 6.07) is -0.636. The number of carbonyl (C=O) groups excluding carboxylic acids is 1. The number of allylic oxidation sites excluding steroid dienone is 1. The van der Waals surface area contributed by atoms with Gasteiger partial charge < -0.3 is 4.74 Å². The first kappa shape index (κ1) is 16.9. The fourth-order valence-electron chi connectivity index (χ4n) is 1.04. The Kier molecular flexibility index (Phi) is 5.78. The van der Waals surface area contributed by atoms with Crippen molar-refractivity contribution in [1.82, 2.24) is 5.06 Å². The number of rotatable bonds is 4. The van der Waals surface area contributed by atoms with Crippen molar-refractivity contribution >= 4 is 16.4 Å². The van der Waals surface area contributed by atoms with Gasteiger partial charge in [-0.1, -0.05) is 12.2 Å². The lowest BCUT2D eigenvalue weighted by Gasteiger charge is -2.27. The number of amides is 1. The molecule has 1 unspecified atom stereocenters. The molecule has 8 heteroatoms. The van der Waals surface area contributed by atoms with Gasteiger partial charge in [0.1, 0.15) is 5.60 Å². The molecule has 0 saturated carbocycles. The van der Waals surface area contributed by atoms with Gasteiger partial charge in [-0.05, 0) is 34.6 Å². The van der Waals surface area contributed by atoms with Crippen molar-refractivity contribution in [3.05, 3.63) is 12.2 Å². The second-order valence-electron chi connectivity index (χ2n) is 4.64. The molecule has 0 bridgehead atoms. The van der Waals surface area contributed by atoms with Gasteiger partial charge in [0, 0.05) is 0 Å². The highest BCUT2D eigenvalue weighted by molar-refractivity contribution is 7.84. The second-order valence-corrected chi connectivity index (χ2v) is 5.77. The fourth-order valence-corrected chi connectivity index (χ4v) is 1.46. The van der Waals surface area contributed by atoms with Crippen molar-refractivity contribution < 1.29 is 22.2 Å². The van der Waals surface area contributed by atoms with Crippen LogP contribution in [-0.2, 0) is 19.3 Å². The van der Waals surface area contributed by atoms with Gasteiger partial charge in [0.2, 0.25) is 0 Å². The molecule has 18 heavy (non-hydrogen) atoms. The Hall–Kier alpha value is -1.12. The van der Waals surface area contributed by atoms with Crippen LogP contribution >= 0.6 is 0 Å². The van der Waals surface area contributed by atoms with Crippen LogP contribution < -0.4 is 5.14 Å². The number of ether oxygens (including phenoxy) is 1. The Balaban J connectivity index is 5.04. The van der Waals surface area contributed by atoms with Crippen molar-refractivity contribution in [1.29, 1.82) is 0 Å². The van der Waals surface area contributed by atoms with Crippen LogP contribution in [0.3, 0.4) is 0 Å². The maximum absolute atomic E-state index is 11.8. The van der Waals surface area contributed by atoms with E-state index in [-0.39, 0.29) is 0 Å². The summed E-state index contributed by atoms with van der Waals surface area (Å²) in [7, 11) is -4.30. The highest BCUT2D eigenvalue weighted by Gasteiger charge is 2.29. The first-order valence-electron chi connectivity index (χ1n) is 5.33. The van der Waals surface area contributed by atoms with E-state index in [2.05, 4.69) is 4.28 Å². The van der Waals surface area contributed by atoms with Crippen molar-refractivity contribution in [3.63, 3.8) is 0 Å². The Morgan fingerprint density at radius 1 is 1.39 bits per heavy atom. The lowest BCUT2D eigenvalue weighted by Crippen LogP contribution is -2.43. The van der Waals surface area contributed by atoms with Gasteiger partial charge in [0.25, 0.3) is 0 Å². The van der Waals surface area contributed by atoms with Gasteiger partial charge in [-0.3, -0.25) is 0 Å². The van der Waals surface area contributed by atoms with Crippen LogP contribution in [0, 0.1) is 0 Å². The minimum atomic E-state index is -4.30. The molecule has 1 amide bonds. The van der Waals surface area contributed by atoms with Crippen LogP contribution in [0.2, 0.25) is 0 Å². The number of hydrogen-bond donors (Lipinski definition) is 1. The van der Waals surface area contributed by atoms with Crippen molar-refractivity contribution in [3.8, 4) is 0 Å². The van der Waals surface area contributed by atoms with Crippen molar-refractivity contribution in [2.75, 3.05) is 0 Å². The second kappa shape index (κ2) is 6.17. The number of nitrogens with zero attached hydrogens (tertiary/aromatic N) is 1. The summed E-state index contributed by atoms with van der Waals surface area (Å²) in [5.41, 5.74) is -0.771. The van der Waals surface area contributed by atoms with Gasteiger partial charge in [-0.25, -0.2) is 9.93 Å². The Morgan fingerprint density at radius 3 is 2.22 bits per heavy atom. The standard InChI is InChI=1S/C10H20N2O5S/c1-6-7-8(2)12(17-18(11,14)15)9(13)16-10(3,4)5/h6-8H,1-5H3,(H2,11,14,15)/b7-6+. The lowest BCUT2D eigenvalue weighted by atomic mass is 10.2. The minimum Gasteiger partial charge on any atom is -0.442 e. The van der Waals surface area contributed by atoms with Gasteiger partial charge >= 0.3 is 16.4 Å². The summed E-state index contributed by atoms with van der Waals surface area (Å²) < 4.78 is 31.2. The summed E-state index contributed by atoms with van der Waals surface area (Å²) in [5.74, 6) is 0. The molecule has 0 saturated heterocycles. The van der Waals surface area contributed by atoms with Crippen LogP contribution in [0.15, 0.2) is 12.2 Å². The van der Waals surface area contributed by atoms with Gasteiger partial charge in [-0.2, -0.15) is 13.5 Å². The molecule has 0 aromatic heterocycles. The zero-order valence-corrected chi connectivity index (χ0v) is 12.0. The molecule has 0 aliphatic rings. The number of nitrogens with two attached hydrogens (primary N) is 1. The molecule has 0 aromatic rings. The van der Waals surface area contributed by atoms with Crippen LogP contribution in [-0.4, -0.2) is 31.2 Å². The fraction of sp³-hybridized carbons (Fsp3) is 0.700. The van der Waals surface area contributed by atoms with Crippen LogP contribution in [0.25, 0.3) is 0 Å². The molecule has 0 spiro atoms. The van der Waals surface area contributed by atoms with Gasteiger partial charge in [0.05, 0.1) is 6.04 Å². The van der Waals surface area contributed by atoms with E-state index in [0.717, 1.165) is 0 Å². The molecule has 106 valence electrons. The molecule has 7 nitrogen and oxygen atoms in total. The van der Waals surface area contributed by atoms with E-state index < -0.39 is 28.0 Å². The van der Waals surface area contributed by atoms with Crippen LogP contribution in [0.5, 0.6) is 0 Å². The Bertz CT molecular complexity index is 410. The highest BCUT2D eigenvalue weighted by atomic mass is 32.2. The smallest absolute Gasteiger partial charge is 0.436 e. The van der Waals surface area contributed by atoms with E-state index in [9.17, 15) is 13.2 Å². The van der Waals surface area contributed by atoms with Crippen LogP contribution in [0.4, 0.5) is 4.79 Å². The summed E-state index contributed by atoms with van der Waals surface area (Å²) >= 11 is 0. The van der Waals surface area contributed by atoms with E-state index in [1.807, 2.05) is 0 Å². The molecule has 0 aliphatic carbocycles. The normalized spacial score (nSPS) is 14.6. The molecule has 0 radical (unpaired) electrons. The van der Waals surface area contributed by atoms with E-state index in [1.54, 1.807) is 46.8 Å². The third-order valence-corrected chi connectivity index (χ3v) is 1.97. The quantitative estimate of drug-likeness (QED) is 0.618. The number of hydroxylamine groups is 2. The van der Waals surface area contributed by atoms with E-state index in [1.165, 1.54) is 0 Å². The number of hydrogen-bond acceptors (Lipinski definition) is 5. The lowest BCUT2D eigenvalue weighted by molar-refractivity contribution is -0.0800. The van der Waals surface area contributed by atoms with Crippen molar-refractivity contribution in [2.45, 2.75) is 46.3 Å². The Labute approximate surface area is 108 Å². The Morgan fingerprint density at radius 2 is 1.89 bits per heavy atom. The molecule has 2 N–H and O–H groups in total.